The summed E-state index contributed by atoms with van der Waals surface area (Å²) in [6, 6.07) is 0.610. The lowest BCUT2D eigenvalue weighted by Gasteiger charge is -2.55. The van der Waals surface area contributed by atoms with Crippen molar-refractivity contribution in [1.29, 1.82) is 0 Å². The highest BCUT2D eigenvalue weighted by Crippen LogP contribution is 2.43. The second-order valence-corrected chi connectivity index (χ2v) is 17.2. The van der Waals surface area contributed by atoms with E-state index in [1.54, 1.807) is 14.2 Å². The van der Waals surface area contributed by atoms with E-state index in [1.807, 2.05) is 6.92 Å². The normalized spacial score (nSPS) is 21.0. The molecule has 2 aliphatic heterocycles. The third-order valence-electron chi connectivity index (χ3n) is 10.3. The van der Waals surface area contributed by atoms with Crippen LogP contribution in [-0.4, -0.2) is 112 Å². The van der Waals surface area contributed by atoms with Gasteiger partial charge in [-0.15, -0.1) is 0 Å². The molecule has 10 heteroatoms. The maximum atomic E-state index is 5.91. The van der Waals surface area contributed by atoms with Gasteiger partial charge in [0.15, 0.2) is 0 Å². The van der Waals surface area contributed by atoms with Crippen LogP contribution in [0.2, 0.25) is 0 Å². The van der Waals surface area contributed by atoms with Crippen molar-refractivity contribution in [2.75, 3.05) is 57.2 Å². The topological polar surface area (TPSA) is 73.3 Å². The molecule has 0 saturated carbocycles. The minimum absolute atomic E-state index is 0.115. The SMILES string of the molecule is CCCCN(c1nc(C)nc(N(CCCC)C2CC(C)(C)N(OC)C(C)(C)C2)n1)C1CC(C)(C)N(OC)C(C)(C)C1.CCCN(C)CCC. The molecule has 0 atom stereocenters. The van der Waals surface area contributed by atoms with Gasteiger partial charge < -0.3 is 24.4 Å². The van der Waals surface area contributed by atoms with Crippen LogP contribution < -0.4 is 9.80 Å². The van der Waals surface area contributed by atoms with Gasteiger partial charge in [0, 0.05) is 47.3 Å². The van der Waals surface area contributed by atoms with Gasteiger partial charge in [0.25, 0.3) is 0 Å². The molecule has 2 saturated heterocycles. The lowest BCUT2D eigenvalue weighted by molar-refractivity contribution is -0.266. The van der Waals surface area contributed by atoms with Crippen LogP contribution in [0.15, 0.2) is 0 Å². The molecule has 0 radical (unpaired) electrons. The molecule has 1 aromatic rings. The van der Waals surface area contributed by atoms with Crippen molar-refractivity contribution in [2.24, 2.45) is 0 Å². The molecule has 49 heavy (non-hydrogen) atoms. The van der Waals surface area contributed by atoms with Crippen LogP contribution in [0.1, 0.15) is 153 Å². The molecule has 10 nitrogen and oxygen atoms in total. The molecular formula is C39H78N8O2. The van der Waals surface area contributed by atoms with Gasteiger partial charge in [-0.2, -0.15) is 25.1 Å². The van der Waals surface area contributed by atoms with Gasteiger partial charge in [0.05, 0.1) is 14.2 Å². The lowest BCUT2D eigenvalue weighted by atomic mass is 9.78. The standard InChI is InChI=1S/C32H61N7O2.C7H17N/c1-14-16-18-36(25-20-29(4,5)38(40-12)30(6,7)21-25)27-33-24(3)34-28(35-27)37(19-17-15-2)26-22-31(8,9)39(41-13)32(10,11)23-26;1-4-6-8(3)7-5-2/h25-26H,14-23H2,1-13H3;4-7H2,1-3H3. The summed E-state index contributed by atoms with van der Waals surface area (Å²) in [7, 11) is 5.77. The largest absolute Gasteiger partial charge is 0.338 e. The van der Waals surface area contributed by atoms with E-state index in [0.717, 1.165) is 82.2 Å². The van der Waals surface area contributed by atoms with Crippen LogP contribution in [0, 0.1) is 6.92 Å². The van der Waals surface area contributed by atoms with Gasteiger partial charge in [0.2, 0.25) is 11.9 Å². The third-order valence-corrected chi connectivity index (χ3v) is 10.3. The monoisotopic (exact) mass is 691 g/mol. The molecule has 0 aromatic carbocycles. The Morgan fingerprint density at radius 1 is 0.571 bits per heavy atom. The number of piperidine rings is 2. The first-order valence-electron chi connectivity index (χ1n) is 19.5. The molecule has 3 heterocycles. The summed E-state index contributed by atoms with van der Waals surface area (Å²) in [6.45, 7) is 33.6. The highest BCUT2D eigenvalue weighted by molar-refractivity contribution is 5.42. The van der Waals surface area contributed by atoms with Crippen LogP contribution in [0.25, 0.3) is 0 Å². The summed E-state index contributed by atoms with van der Waals surface area (Å²) in [5.74, 6) is 2.42. The van der Waals surface area contributed by atoms with Crippen LogP contribution in [0.3, 0.4) is 0 Å². The molecule has 0 N–H and O–H groups in total. The van der Waals surface area contributed by atoms with Gasteiger partial charge in [-0.3, -0.25) is 0 Å². The zero-order chi connectivity index (χ0) is 37.2. The molecule has 0 spiro atoms. The number of aromatic nitrogens is 3. The smallest absolute Gasteiger partial charge is 0.230 e. The molecule has 2 fully saturated rings. The number of aryl methyl sites for hydroxylation is 1. The Morgan fingerprint density at radius 3 is 1.16 bits per heavy atom. The van der Waals surface area contributed by atoms with Crippen molar-refractivity contribution >= 4 is 11.9 Å². The van der Waals surface area contributed by atoms with Crippen molar-refractivity contribution < 1.29 is 9.68 Å². The average Bonchev–Trinajstić information content (AvgIpc) is 2.96. The number of unbranched alkanes of at least 4 members (excludes halogenated alkanes) is 2. The maximum absolute atomic E-state index is 5.91. The summed E-state index contributed by atoms with van der Waals surface area (Å²) >= 11 is 0. The molecule has 0 aliphatic carbocycles. The fourth-order valence-corrected chi connectivity index (χ4v) is 8.99. The molecule has 1 aromatic heterocycles. The molecule has 0 amide bonds. The van der Waals surface area contributed by atoms with Gasteiger partial charge in [-0.05, 0) is 134 Å². The summed E-state index contributed by atoms with van der Waals surface area (Å²) in [4.78, 5) is 34.4. The predicted octanol–water partition coefficient (Wildman–Crippen LogP) is 8.30. The first kappa shape index (κ1) is 43.6. The van der Waals surface area contributed by atoms with E-state index < -0.39 is 0 Å². The van der Waals surface area contributed by atoms with Gasteiger partial charge in [0.1, 0.15) is 5.82 Å². The van der Waals surface area contributed by atoms with E-state index >= 15 is 0 Å². The molecule has 0 bridgehead atoms. The maximum Gasteiger partial charge on any atom is 0.230 e. The number of hydroxylamine groups is 4. The van der Waals surface area contributed by atoms with Crippen LogP contribution in [0.4, 0.5) is 11.9 Å². The fourth-order valence-electron chi connectivity index (χ4n) is 8.99. The van der Waals surface area contributed by atoms with Crippen molar-refractivity contribution in [1.82, 2.24) is 30.0 Å². The predicted molar refractivity (Wildman–Crippen MR) is 207 cm³/mol. The molecule has 2 aliphatic rings. The number of hydrogen-bond donors (Lipinski definition) is 0. The highest BCUT2D eigenvalue weighted by atomic mass is 16.7. The summed E-state index contributed by atoms with van der Waals surface area (Å²) in [5.41, 5.74) is -0.460. The highest BCUT2D eigenvalue weighted by Gasteiger charge is 2.49. The first-order valence-corrected chi connectivity index (χ1v) is 19.5. The number of nitrogens with zero attached hydrogens (tertiary/aromatic N) is 8. The van der Waals surface area contributed by atoms with E-state index in [2.05, 4.69) is 115 Å². The Kier molecular flexibility index (Phi) is 16.7. The van der Waals surface area contributed by atoms with Crippen molar-refractivity contribution in [2.45, 2.75) is 188 Å². The Hall–Kier alpha value is -1.59. The Labute approximate surface area is 302 Å². The average molecular weight is 691 g/mol. The van der Waals surface area contributed by atoms with Crippen LogP contribution in [-0.2, 0) is 9.68 Å². The molecule has 0 unspecified atom stereocenters. The van der Waals surface area contributed by atoms with Gasteiger partial charge in [-0.25, -0.2) is 0 Å². The Bertz CT molecular complexity index is 994. The quantitative estimate of drug-likeness (QED) is 0.169. The lowest BCUT2D eigenvalue weighted by Crippen LogP contribution is -2.64. The van der Waals surface area contributed by atoms with Crippen molar-refractivity contribution in [3.05, 3.63) is 5.82 Å². The first-order chi connectivity index (χ1) is 22.8. The fraction of sp³-hybridized carbons (Fsp3) is 0.923. The van der Waals surface area contributed by atoms with E-state index in [9.17, 15) is 0 Å². The van der Waals surface area contributed by atoms with Crippen molar-refractivity contribution in [3.8, 4) is 0 Å². The van der Waals surface area contributed by atoms with E-state index in [0.29, 0.717) is 12.1 Å². The number of anilines is 2. The molecule has 286 valence electrons. The summed E-state index contributed by atoms with van der Waals surface area (Å²) < 4.78 is 0. The van der Waals surface area contributed by atoms with Gasteiger partial charge in [-0.1, -0.05) is 40.5 Å². The zero-order valence-electron chi connectivity index (χ0n) is 34.9. The number of rotatable bonds is 16. The minimum atomic E-state index is -0.115. The van der Waals surface area contributed by atoms with Crippen LogP contribution in [0.5, 0.6) is 0 Å². The third kappa shape index (κ3) is 11.7. The van der Waals surface area contributed by atoms with E-state index in [1.165, 1.54) is 25.9 Å². The zero-order valence-corrected chi connectivity index (χ0v) is 34.9. The second-order valence-electron chi connectivity index (χ2n) is 17.2. The Morgan fingerprint density at radius 2 is 0.898 bits per heavy atom. The summed E-state index contributed by atoms with van der Waals surface area (Å²) in [6.07, 6.45) is 10.9. The molecular weight excluding hydrogens is 612 g/mol. The van der Waals surface area contributed by atoms with E-state index in [4.69, 9.17) is 24.6 Å². The van der Waals surface area contributed by atoms with Crippen molar-refractivity contribution in [3.63, 3.8) is 0 Å². The molecule has 3 rings (SSSR count). The van der Waals surface area contributed by atoms with Crippen LogP contribution >= 0.6 is 0 Å². The Balaban J connectivity index is 0.000000924. The van der Waals surface area contributed by atoms with E-state index in [-0.39, 0.29) is 22.2 Å². The van der Waals surface area contributed by atoms with Gasteiger partial charge >= 0.3 is 0 Å². The minimum Gasteiger partial charge on any atom is -0.338 e. The number of hydrogen-bond acceptors (Lipinski definition) is 10. The second kappa shape index (κ2) is 18.8. The summed E-state index contributed by atoms with van der Waals surface area (Å²) in [5, 5.41) is 4.36.